The first kappa shape index (κ1) is 26.0. The van der Waals surface area contributed by atoms with Gasteiger partial charge in [-0.2, -0.15) is 0 Å². The summed E-state index contributed by atoms with van der Waals surface area (Å²) in [5, 5.41) is 13.9. The molecule has 10 nitrogen and oxygen atoms in total. The van der Waals surface area contributed by atoms with Crippen LogP contribution in [0, 0.1) is 0 Å². The van der Waals surface area contributed by atoms with Gasteiger partial charge in [-0.15, -0.1) is 11.8 Å². The maximum Gasteiger partial charge on any atom is 0.503 e. The first-order valence-corrected chi connectivity index (χ1v) is 11.1. The van der Waals surface area contributed by atoms with E-state index in [2.05, 4.69) is 4.99 Å². The monoisotopic (exact) mass is 477 g/mol. The summed E-state index contributed by atoms with van der Waals surface area (Å²) in [6.45, 7) is 1.43. The molecule has 6 N–H and O–H groups in total. The Kier molecular flexibility index (Phi) is 11.0. The Morgan fingerprint density at radius 2 is 1.73 bits per heavy atom. The summed E-state index contributed by atoms with van der Waals surface area (Å²) in [6.07, 6.45) is 1.37. The van der Waals surface area contributed by atoms with Gasteiger partial charge in [0, 0.05) is 17.3 Å². The Morgan fingerprint density at radius 3 is 2.30 bits per heavy atom. The number of nitrogens with zero attached hydrogens (tertiary/aromatic N) is 1. The van der Waals surface area contributed by atoms with Crippen LogP contribution >= 0.6 is 11.8 Å². The molecule has 0 bridgehead atoms. The molecule has 1 saturated heterocycles. The molecule has 1 fully saturated rings. The van der Waals surface area contributed by atoms with Gasteiger partial charge in [0.25, 0.3) is 0 Å². The Labute approximate surface area is 195 Å². The molecule has 0 aliphatic carbocycles. The molecule has 2 aromatic rings. The molecule has 2 aromatic carbocycles. The van der Waals surface area contributed by atoms with Crippen molar-refractivity contribution in [3.8, 4) is 5.75 Å². The van der Waals surface area contributed by atoms with Crippen LogP contribution in [0.5, 0.6) is 5.75 Å². The predicted molar refractivity (Wildman–Crippen MR) is 124 cm³/mol. The highest BCUT2D eigenvalue weighted by Gasteiger charge is 2.13. The second kappa shape index (κ2) is 14.0. The number of ether oxygens (including phenoxy) is 3. The van der Waals surface area contributed by atoms with Crippen molar-refractivity contribution < 1.29 is 34.0 Å². The van der Waals surface area contributed by atoms with Gasteiger partial charge in [0.2, 0.25) is 0 Å². The van der Waals surface area contributed by atoms with Gasteiger partial charge in [0.1, 0.15) is 5.75 Å². The zero-order valence-corrected chi connectivity index (χ0v) is 18.7. The average Bonchev–Trinajstić information content (AvgIpc) is 2.78. The number of guanidine groups is 1. The van der Waals surface area contributed by atoms with Gasteiger partial charge in [-0.1, -0.05) is 0 Å². The Bertz CT molecular complexity index is 907. The van der Waals surface area contributed by atoms with Crippen molar-refractivity contribution in [2.24, 2.45) is 16.5 Å². The van der Waals surface area contributed by atoms with E-state index in [9.17, 15) is 4.79 Å². The van der Waals surface area contributed by atoms with E-state index in [-0.39, 0.29) is 12.2 Å². The average molecular weight is 478 g/mol. The largest absolute Gasteiger partial charge is 0.503 e. The summed E-state index contributed by atoms with van der Waals surface area (Å²) in [5.74, 6) is 0.843. The zero-order valence-electron chi connectivity index (χ0n) is 17.9. The number of hydrogen-bond donors (Lipinski definition) is 4. The van der Waals surface area contributed by atoms with E-state index >= 15 is 0 Å². The molecule has 0 aromatic heterocycles. The number of esters is 1. The minimum absolute atomic E-state index is 0.0350. The van der Waals surface area contributed by atoms with Crippen molar-refractivity contribution in [1.29, 1.82) is 0 Å². The summed E-state index contributed by atoms with van der Waals surface area (Å²) >= 11 is 1.69. The molecule has 0 radical (unpaired) electrons. The molecular formula is C22H27N3O7S. The van der Waals surface area contributed by atoms with Crippen LogP contribution in [0.15, 0.2) is 58.4 Å². The standard InChI is InChI=1S/C21H25N3O4S.CH2O3/c22-21(23)24-16-6-4-15(5-7-16)20(25)28-17-8-10-18(11-9-17)29-14-13-27-19-3-1-2-12-26-19;2-1(3)4/h4-11,19H,1-3,12-14H2,(H4,22,23,24);(H2,2,3,4). The molecule has 1 atom stereocenters. The van der Waals surface area contributed by atoms with Crippen molar-refractivity contribution in [3.05, 3.63) is 54.1 Å². The molecule has 1 aliphatic rings. The van der Waals surface area contributed by atoms with Crippen molar-refractivity contribution in [1.82, 2.24) is 0 Å². The van der Waals surface area contributed by atoms with E-state index < -0.39 is 12.1 Å². The maximum absolute atomic E-state index is 12.3. The van der Waals surface area contributed by atoms with E-state index in [4.69, 9.17) is 40.7 Å². The van der Waals surface area contributed by atoms with Gasteiger partial charge in [-0.25, -0.2) is 14.6 Å². The van der Waals surface area contributed by atoms with Crippen molar-refractivity contribution in [3.63, 3.8) is 0 Å². The number of aliphatic imine (C=N–C) groups is 1. The first-order valence-electron chi connectivity index (χ1n) is 10.1. The molecule has 0 spiro atoms. The normalized spacial score (nSPS) is 15.0. The van der Waals surface area contributed by atoms with Crippen LogP contribution in [0.1, 0.15) is 29.6 Å². The highest BCUT2D eigenvalue weighted by Crippen LogP contribution is 2.23. The van der Waals surface area contributed by atoms with Crippen LogP contribution in [-0.4, -0.2) is 53.6 Å². The van der Waals surface area contributed by atoms with Crippen molar-refractivity contribution in [2.45, 2.75) is 30.4 Å². The van der Waals surface area contributed by atoms with E-state index in [0.717, 1.165) is 30.1 Å². The predicted octanol–water partition coefficient (Wildman–Crippen LogP) is 3.67. The van der Waals surface area contributed by atoms with Crippen LogP contribution in [0.2, 0.25) is 0 Å². The summed E-state index contributed by atoms with van der Waals surface area (Å²) < 4.78 is 16.7. The molecule has 1 unspecified atom stereocenters. The molecule has 0 saturated carbocycles. The molecule has 3 rings (SSSR count). The molecule has 1 aliphatic heterocycles. The number of carbonyl (C=O) groups is 2. The van der Waals surface area contributed by atoms with E-state index in [1.54, 1.807) is 48.2 Å². The van der Waals surface area contributed by atoms with Crippen LogP contribution in [0.3, 0.4) is 0 Å². The summed E-state index contributed by atoms with van der Waals surface area (Å²) in [7, 11) is 0. The van der Waals surface area contributed by atoms with Gasteiger partial charge >= 0.3 is 12.1 Å². The maximum atomic E-state index is 12.3. The minimum Gasteiger partial charge on any atom is -0.450 e. The second-order valence-electron chi connectivity index (χ2n) is 6.74. The second-order valence-corrected chi connectivity index (χ2v) is 7.91. The van der Waals surface area contributed by atoms with Crippen LogP contribution in [0.25, 0.3) is 0 Å². The number of hydrogen-bond acceptors (Lipinski definition) is 7. The Hall–Kier alpha value is -3.28. The highest BCUT2D eigenvalue weighted by atomic mass is 32.2. The van der Waals surface area contributed by atoms with Gasteiger partial charge in [0.15, 0.2) is 12.2 Å². The molecule has 11 heteroatoms. The molecular weight excluding hydrogens is 450 g/mol. The van der Waals surface area contributed by atoms with E-state index in [1.807, 2.05) is 12.1 Å². The zero-order chi connectivity index (χ0) is 24.1. The SMILES string of the molecule is NC(N)=Nc1ccc(C(=O)Oc2ccc(SCCOC3CCCCO3)cc2)cc1.O=C(O)O. The lowest BCUT2D eigenvalue weighted by atomic mass is 10.2. The number of carboxylic acid groups (broad SMARTS) is 2. The van der Waals surface area contributed by atoms with E-state index in [1.165, 1.54) is 6.42 Å². The third kappa shape index (κ3) is 10.7. The van der Waals surface area contributed by atoms with Crippen LogP contribution in [0.4, 0.5) is 10.5 Å². The highest BCUT2D eigenvalue weighted by molar-refractivity contribution is 7.99. The van der Waals surface area contributed by atoms with Crippen molar-refractivity contribution >= 4 is 35.5 Å². The van der Waals surface area contributed by atoms with Gasteiger partial charge in [-0.05, 0) is 67.8 Å². The van der Waals surface area contributed by atoms with Crippen LogP contribution in [-0.2, 0) is 9.47 Å². The number of nitrogens with two attached hydrogens (primary N) is 2. The van der Waals surface area contributed by atoms with E-state index in [0.29, 0.717) is 23.6 Å². The fourth-order valence-corrected chi connectivity index (χ4v) is 3.52. The lowest BCUT2D eigenvalue weighted by Crippen LogP contribution is -2.23. The third-order valence-corrected chi connectivity index (χ3v) is 5.17. The van der Waals surface area contributed by atoms with Crippen LogP contribution < -0.4 is 16.2 Å². The van der Waals surface area contributed by atoms with Gasteiger partial charge < -0.3 is 35.9 Å². The fraction of sp³-hybridized carbons (Fsp3) is 0.318. The third-order valence-electron chi connectivity index (χ3n) is 4.19. The number of carbonyl (C=O) groups excluding carboxylic acids is 1. The topological polar surface area (TPSA) is 167 Å². The molecule has 0 amide bonds. The Morgan fingerprint density at radius 1 is 1.06 bits per heavy atom. The summed E-state index contributed by atoms with van der Waals surface area (Å²) in [6, 6.07) is 13.9. The lowest BCUT2D eigenvalue weighted by Gasteiger charge is -2.22. The quantitative estimate of drug-likeness (QED) is 0.110. The minimum atomic E-state index is -1.83. The number of thioether (sulfide) groups is 1. The summed E-state index contributed by atoms with van der Waals surface area (Å²) in [5.41, 5.74) is 11.6. The summed E-state index contributed by atoms with van der Waals surface area (Å²) in [4.78, 5) is 25.8. The lowest BCUT2D eigenvalue weighted by molar-refractivity contribution is -0.158. The van der Waals surface area contributed by atoms with Gasteiger partial charge in [0.05, 0.1) is 17.9 Å². The van der Waals surface area contributed by atoms with Crippen molar-refractivity contribution in [2.75, 3.05) is 19.0 Å². The molecule has 178 valence electrons. The Balaban J connectivity index is 0.000000890. The molecule has 1 heterocycles. The smallest absolute Gasteiger partial charge is 0.450 e. The van der Waals surface area contributed by atoms with Gasteiger partial charge in [-0.3, -0.25) is 0 Å². The first-order chi connectivity index (χ1) is 15.8. The fourth-order valence-electron chi connectivity index (χ4n) is 2.77. The number of rotatable bonds is 8. The number of benzene rings is 2. The molecule has 33 heavy (non-hydrogen) atoms.